The molecule has 0 aliphatic carbocycles. The summed E-state index contributed by atoms with van der Waals surface area (Å²) in [6, 6.07) is 0. The van der Waals surface area contributed by atoms with Crippen molar-refractivity contribution in [3.8, 4) is 0 Å². The Labute approximate surface area is 96.4 Å². The third-order valence-electron chi connectivity index (χ3n) is 1.91. The van der Waals surface area contributed by atoms with Crippen LogP contribution in [0, 0.1) is 0 Å². The second-order valence-corrected chi connectivity index (χ2v) is 2.91. The lowest BCUT2D eigenvalue weighted by atomic mass is 10.4. The molecule has 2 N–H and O–H groups in total. The molecule has 2 aliphatic heterocycles. The highest BCUT2D eigenvalue weighted by atomic mass is 79.9. The molecule has 0 radical (unpaired) electrons. The Hall–Kier alpha value is 0.880. The Morgan fingerprint density at radius 3 is 0.833 bits per heavy atom. The molecular formula is C8H20Br2N2. The van der Waals surface area contributed by atoms with Gasteiger partial charge in [-0.05, 0) is 51.9 Å². The van der Waals surface area contributed by atoms with Gasteiger partial charge in [-0.15, -0.1) is 34.0 Å². The number of halogens is 2. The highest BCUT2D eigenvalue weighted by molar-refractivity contribution is 8.93. The van der Waals surface area contributed by atoms with Crippen molar-refractivity contribution in [3.63, 3.8) is 0 Å². The van der Waals surface area contributed by atoms with Gasteiger partial charge >= 0.3 is 0 Å². The second kappa shape index (κ2) is 11.9. The zero-order chi connectivity index (χ0) is 7.07. The van der Waals surface area contributed by atoms with Crippen LogP contribution in [0.1, 0.15) is 25.7 Å². The summed E-state index contributed by atoms with van der Waals surface area (Å²) in [6.07, 6.45) is 5.56. The fourth-order valence-electron chi connectivity index (χ4n) is 1.25. The van der Waals surface area contributed by atoms with Crippen LogP contribution >= 0.6 is 34.0 Å². The first-order valence-electron chi connectivity index (χ1n) is 4.41. The van der Waals surface area contributed by atoms with Crippen LogP contribution in [0.5, 0.6) is 0 Å². The molecule has 0 aromatic carbocycles. The molecule has 2 saturated heterocycles. The lowest BCUT2D eigenvalue weighted by Gasteiger charge is -1.76. The van der Waals surface area contributed by atoms with Gasteiger partial charge in [-0.25, -0.2) is 0 Å². The number of rotatable bonds is 0. The third-order valence-corrected chi connectivity index (χ3v) is 1.91. The molecule has 76 valence electrons. The summed E-state index contributed by atoms with van der Waals surface area (Å²) < 4.78 is 0. The monoisotopic (exact) mass is 302 g/mol. The van der Waals surface area contributed by atoms with Gasteiger partial charge in [0.2, 0.25) is 0 Å². The molecule has 2 aliphatic rings. The van der Waals surface area contributed by atoms with Crippen molar-refractivity contribution >= 4 is 34.0 Å². The van der Waals surface area contributed by atoms with Gasteiger partial charge in [0.1, 0.15) is 0 Å². The van der Waals surface area contributed by atoms with Gasteiger partial charge in [-0.1, -0.05) is 0 Å². The van der Waals surface area contributed by atoms with Crippen molar-refractivity contribution in [2.45, 2.75) is 25.7 Å². The van der Waals surface area contributed by atoms with Crippen molar-refractivity contribution in [3.05, 3.63) is 0 Å². The van der Waals surface area contributed by atoms with Crippen LogP contribution < -0.4 is 10.6 Å². The van der Waals surface area contributed by atoms with E-state index in [2.05, 4.69) is 10.6 Å². The van der Waals surface area contributed by atoms with E-state index in [1.165, 1.54) is 51.9 Å². The van der Waals surface area contributed by atoms with E-state index in [9.17, 15) is 0 Å². The highest BCUT2D eigenvalue weighted by Crippen LogP contribution is 1.90. The smallest absolute Gasteiger partial charge is 0.00484 e. The maximum atomic E-state index is 3.22. The fourth-order valence-corrected chi connectivity index (χ4v) is 1.25. The van der Waals surface area contributed by atoms with Crippen molar-refractivity contribution in [1.82, 2.24) is 10.6 Å². The Morgan fingerprint density at radius 1 is 0.500 bits per heavy atom. The van der Waals surface area contributed by atoms with Gasteiger partial charge < -0.3 is 10.6 Å². The van der Waals surface area contributed by atoms with Crippen LogP contribution in [0.3, 0.4) is 0 Å². The van der Waals surface area contributed by atoms with Crippen LogP contribution in [0.4, 0.5) is 0 Å². The Kier molecular flexibility index (Phi) is 15.2. The van der Waals surface area contributed by atoms with Crippen molar-refractivity contribution in [1.29, 1.82) is 0 Å². The molecule has 0 atom stereocenters. The minimum absolute atomic E-state index is 0. The summed E-state index contributed by atoms with van der Waals surface area (Å²) in [7, 11) is 0. The molecule has 0 aromatic rings. The van der Waals surface area contributed by atoms with Crippen LogP contribution in [-0.4, -0.2) is 26.2 Å². The van der Waals surface area contributed by atoms with E-state index in [0.29, 0.717) is 0 Å². The molecule has 0 amide bonds. The van der Waals surface area contributed by atoms with Crippen LogP contribution in [0.25, 0.3) is 0 Å². The van der Waals surface area contributed by atoms with Crippen LogP contribution in [0.15, 0.2) is 0 Å². The van der Waals surface area contributed by atoms with E-state index < -0.39 is 0 Å². The van der Waals surface area contributed by atoms with Crippen molar-refractivity contribution in [2.24, 2.45) is 0 Å². The van der Waals surface area contributed by atoms with Gasteiger partial charge in [-0.3, -0.25) is 0 Å². The number of hydrogen-bond donors (Lipinski definition) is 2. The van der Waals surface area contributed by atoms with E-state index in [1.54, 1.807) is 0 Å². The summed E-state index contributed by atoms with van der Waals surface area (Å²) in [6.45, 7) is 5.00. The molecule has 0 unspecified atom stereocenters. The highest BCUT2D eigenvalue weighted by Gasteiger charge is 1.93. The van der Waals surface area contributed by atoms with E-state index >= 15 is 0 Å². The fraction of sp³-hybridized carbons (Fsp3) is 1.00. The molecule has 0 bridgehead atoms. The molecule has 2 fully saturated rings. The van der Waals surface area contributed by atoms with Gasteiger partial charge in [0.15, 0.2) is 0 Å². The second-order valence-electron chi connectivity index (χ2n) is 2.91. The van der Waals surface area contributed by atoms with Crippen molar-refractivity contribution < 1.29 is 0 Å². The molecule has 2 heterocycles. The van der Waals surface area contributed by atoms with E-state index in [1.807, 2.05) is 0 Å². The van der Waals surface area contributed by atoms with Crippen molar-refractivity contribution in [2.75, 3.05) is 26.2 Å². The lowest BCUT2D eigenvalue weighted by molar-refractivity contribution is 0.857. The average Bonchev–Trinajstić information content (AvgIpc) is 2.67. The quantitative estimate of drug-likeness (QED) is 0.714. The predicted octanol–water partition coefficient (Wildman–Crippen LogP) is 1.90. The largest absolute Gasteiger partial charge is 0.317 e. The molecule has 12 heavy (non-hydrogen) atoms. The van der Waals surface area contributed by atoms with Gasteiger partial charge in [0, 0.05) is 0 Å². The standard InChI is InChI=1S/2C4H9N.2BrH/c2*1-2-4-5-3-1;;/h2*5H,1-4H2;2*1H. The Bertz CT molecular complexity index is 48.2. The van der Waals surface area contributed by atoms with Crippen LogP contribution in [0.2, 0.25) is 0 Å². The Morgan fingerprint density at radius 2 is 0.750 bits per heavy atom. The van der Waals surface area contributed by atoms with E-state index in [0.717, 1.165) is 0 Å². The Balaban J connectivity index is 0. The molecular weight excluding hydrogens is 284 g/mol. The SMILES string of the molecule is Br.Br.C1CCNC1.C1CCNC1. The molecule has 2 rings (SSSR count). The van der Waals surface area contributed by atoms with Gasteiger partial charge in [0.25, 0.3) is 0 Å². The van der Waals surface area contributed by atoms with Gasteiger partial charge in [0.05, 0.1) is 0 Å². The maximum absolute atomic E-state index is 3.22. The topological polar surface area (TPSA) is 24.1 Å². The average molecular weight is 304 g/mol. The molecule has 0 aromatic heterocycles. The number of hydrogen-bond acceptors (Lipinski definition) is 2. The minimum atomic E-state index is 0. The summed E-state index contributed by atoms with van der Waals surface area (Å²) in [5.74, 6) is 0. The summed E-state index contributed by atoms with van der Waals surface area (Å²) in [5, 5.41) is 6.44. The van der Waals surface area contributed by atoms with E-state index in [-0.39, 0.29) is 34.0 Å². The first kappa shape index (κ1) is 15.4. The maximum Gasteiger partial charge on any atom is -0.00484 e. The van der Waals surface area contributed by atoms with E-state index in [4.69, 9.17) is 0 Å². The van der Waals surface area contributed by atoms with Crippen LogP contribution in [-0.2, 0) is 0 Å². The number of nitrogens with one attached hydrogen (secondary N) is 2. The first-order valence-corrected chi connectivity index (χ1v) is 4.41. The summed E-state index contributed by atoms with van der Waals surface area (Å²) >= 11 is 0. The zero-order valence-electron chi connectivity index (χ0n) is 7.47. The summed E-state index contributed by atoms with van der Waals surface area (Å²) in [4.78, 5) is 0. The predicted molar refractivity (Wildman–Crippen MR) is 64.9 cm³/mol. The third kappa shape index (κ3) is 8.97. The zero-order valence-corrected chi connectivity index (χ0v) is 10.9. The summed E-state index contributed by atoms with van der Waals surface area (Å²) in [5.41, 5.74) is 0. The lowest BCUT2D eigenvalue weighted by Crippen LogP contribution is -2.03. The first-order chi connectivity index (χ1) is 5.00. The molecule has 0 spiro atoms. The van der Waals surface area contributed by atoms with Gasteiger partial charge in [-0.2, -0.15) is 0 Å². The normalized spacial score (nSPS) is 20.0. The molecule has 2 nitrogen and oxygen atoms in total. The molecule has 0 saturated carbocycles. The molecule has 4 heteroatoms. The minimum Gasteiger partial charge on any atom is -0.317 e.